The zero-order valence-corrected chi connectivity index (χ0v) is 13.5. The fraction of sp³-hybridized carbons (Fsp3) is 0.222. The van der Waals surface area contributed by atoms with E-state index >= 15 is 0 Å². The highest BCUT2D eigenvalue weighted by atomic mass is 16.5. The van der Waals surface area contributed by atoms with E-state index in [1.165, 1.54) is 0 Å². The molecule has 2 aromatic rings. The topological polar surface area (TPSA) is 136 Å². The van der Waals surface area contributed by atoms with Crippen LogP contribution in [0.4, 0.5) is 0 Å². The molecule has 0 spiro atoms. The smallest absolute Gasteiger partial charge is 0.320 e. The lowest BCUT2D eigenvalue weighted by atomic mass is 10.1. The molecule has 0 aliphatic carbocycles. The minimum atomic E-state index is -1.08. The van der Waals surface area contributed by atoms with Crippen LogP contribution >= 0.6 is 0 Å². The van der Waals surface area contributed by atoms with Crippen LogP contribution in [0, 0.1) is 0 Å². The van der Waals surface area contributed by atoms with Gasteiger partial charge >= 0.3 is 11.9 Å². The first-order chi connectivity index (χ1) is 11.9. The highest BCUT2D eigenvalue weighted by molar-refractivity contribution is 5.74. The Morgan fingerprint density at radius 1 is 0.880 bits per heavy atom. The molecule has 0 aromatic heterocycles. The van der Waals surface area contributed by atoms with Crippen molar-refractivity contribution in [3.05, 3.63) is 59.7 Å². The number of aliphatic carboxylic acids is 2. The summed E-state index contributed by atoms with van der Waals surface area (Å²) in [6.07, 6.45) is 0.372. The molecule has 2 unspecified atom stereocenters. The molecule has 25 heavy (non-hydrogen) atoms. The van der Waals surface area contributed by atoms with E-state index in [-0.39, 0.29) is 12.8 Å². The van der Waals surface area contributed by atoms with E-state index in [4.69, 9.17) is 26.4 Å². The number of nitrogens with two attached hydrogens (primary N) is 2. The second-order valence-electron chi connectivity index (χ2n) is 5.65. The van der Waals surface area contributed by atoms with Gasteiger partial charge in [0.1, 0.15) is 23.6 Å². The Balaban J connectivity index is 2.09. The Morgan fingerprint density at radius 3 is 2.04 bits per heavy atom. The van der Waals surface area contributed by atoms with Gasteiger partial charge in [-0.05, 0) is 35.7 Å². The molecule has 2 aromatic carbocycles. The monoisotopic (exact) mass is 344 g/mol. The van der Waals surface area contributed by atoms with E-state index in [9.17, 15) is 9.59 Å². The normalized spacial score (nSPS) is 13.0. The van der Waals surface area contributed by atoms with Crippen LogP contribution in [0.2, 0.25) is 0 Å². The average Bonchev–Trinajstić information content (AvgIpc) is 2.58. The molecular weight excluding hydrogens is 324 g/mol. The molecule has 2 atom stereocenters. The summed E-state index contributed by atoms with van der Waals surface area (Å²) < 4.78 is 5.80. The first-order valence-electron chi connectivity index (χ1n) is 7.68. The summed E-state index contributed by atoms with van der Waals surface area (Å²) in [4.78, 5) is 21.7. The van der Waals surface area contributed by atoms with Crippen LogP contribution in [0.5, 0.6) is 11.5 Å². The molecule has 0 amide bonds. The van der Waals surface area contributed by atoms with Gasteiger partial charge in [0.2, 0.25) is 0 Å². The van der Waals surface area contributed by atoms with Gasteiger partial charge in [-0.25, -0.2) is 0 Å². The maximum absolute atomic E-state index is 10.9. The average molecular weight is 344 g/mol. The first kappa shape index (κ1) is 18.4. The van der Waals surface area contributed by atoms with Crippen molar-refractivity contribution in [3.63, 3.8) is 0 Å². The van der Waals surface area contributed by atoms with Crippen molar-refractivity contribution in [2.24, 2.45) is 11.5 Å². The molecule has 7 nitrogen and oxygen atoms in total. The lowest BCUT2D eigenvalue weighted by Crippen LogP contribution is -2.32. The van der Waals surface area contributed by atoms with E-state index in [0.717, 1.165) is 5.56 Å². The zero-order chi connectivity index (χ0) is 18.4. The lowest BCUT2D eigenvalue weighted by Gasteiger charge is -2.13. The van der Waals surface area contributed by atoms with Crippen LogP contribution in [-0.2, 0) is 22.4 Å². The second-order valence-corrected chi connectivity index (χ2v) is 5.65. The number of hydrogen-bond donors (Lipinski definition) is 4. The van der Waals surface area contributed by atoms with E-state index in [1.807, 2.05) is 0 Å². The van der Waals surface area contributed by atoms with Crippen molar-refractivity contribution >= 4 is 11.9 Å². The largest absolute Gasteiger partial charge is 0.480 e. The molecule has 0 aliphatic heterocycles. The van der Waals surface area contributed by atoms with Crippen molar-refractivity contribution in [1.29, 1.82) is 0 Å². The predicted molar refractivity (Wildman–Crippen MR) is 91.6 cm³/mol. The van der Waals surface area contributed by atoms with Gasteiger partial charge in [0, 0.05) is 6.42 Å². The summed E-state index contributed by atoms with van der Waals surface area (Å²) in [7, 11) is 0. The standard InChI is InChI=1S/C18H20N2O5/c19-14(17(21)22)9-11-5-7-13(8-6-11)25-16-4-2-1-3-12(16)10-15(20)18(23)24/h1-8,14-15H,9-10,19-20H2,(H,21,22)(H,23,24). The summed E-state index contributed by atoms with van der Waals surface area (Å²) in [5.41, 5.74) is 12.6. The number of carboxylic acids is 2. The van der Waals surface area contributed by atoms with E-state index in [0.29, 0.717) is 17.1 Å². The quantitative estimate of drug-likeness (QED) is 0.568. The van der Waals surface area contributed by atoms with Gasteiger partial charge < -0.3 is 26.4 Å². The van der Waals surface area contributed by atoms with E-state index in [2.05, 4.69) is 0 Å². The molecule has 2 rings (SSSR count). The van der Waals surface area contributed by atoms with Gasteiger partial charge in [-0.1, -0.05) is 30.3 Å². The predicted octanol–water partition coefficient (Wildman–Crippen LogP) is 1.39. The Morgan fingerprint density at radius 2 is 1.44 bits per heavy atom. The number of carboxylic acid groups (broad SMARTS) is 2. The SMILES string of the molecule is NC(Cc1ccc(Oc2ccccc2CC(N)C(=O)O)cc1)C(=O)O. The number of carbonyl (C=O) groups is 2. The first-order valence-corrected chi connectivity index (χ1v) is 7.68. The fourth-order valence-corrected chi connectivity index (χ4v) is 2.26. The van der Waals surface area contributed by atoms with Gasteiger partial charge in [-0.2, -0.15) is 0 Å². The van der Waals surface area contributed by atoms with Gasteiger partial charge in [0.15, 0.2) is 0 Å². The number of hydrogen-bond acceptors (Lipinski definition) is 5. The summed E-state index contributed by atoms with van der Waals surface area (Å²) in [5, 5.41) is 17.8. The van der Waals surface area contributed by atoms with Crippen molar-refractivity contribution in [1.82, 2.24) is 0 Å². The molecule has 0 saturated heterocycles. The zero-order valence-electron chi connectivity index (χ0n) is 13.5. The minimum absolute atomic E-state index is 0.150. The molecule has 0 fully saturated rings. The second kappa shape index (κ2) is 8.27. The molecule has 6 N–H and O–H groups in total. The third-order valence-corrected chi connectivity index (χ3v) is 3.65. The van der Waals surface area contributed by atoms with Crippen LogP contribution in [0.15, 0.2) is 48.5 Å². The van der Waals surface area contributed by atoms with Gasteiger partial charge in [0.05, 0.1) is 0 Å². The highest BCUT2D eigenvalue weighted by Crippen LogP contribution is 2.26. The summed E-state index contributed by atoms with van der Waals surface area (Å²) >= 11 is 0. The van der Waals surface area contributed by atoms with Crippen molar-refractivity contribution in [3.8, 4) is 11.5 Å². The third kappa shape index (κ3) is 5.30. The van der Waals surface area contributed by atoms with Crippen LogP contribution in [0.1, 0.15) is 11.1 Å². The molecule has 7 heteroatoms. The molecule has 132 valence electrons. The number of ether oxygens (including phenoxy) is 1. The van der Waals surface area contributed by atoms with Gasteiger partial charge in [0.25, 0.3) is 0 Å². The maximum atomic E-state index is 10.9. The lowest BCUT2D eigenvalue weighted by molar-refractivity contribution is -0.139. The molecule has 0 bridgehead atoms. The number of benzene rings is 2. The molecular formula is C18H20N2O5. The Hall–Kier alpha value is -2.90. The molecule has 0 heterocycles. The number of para-hydroxylation sites is 1. The van der Waals surface area contributed by atoms with E-state index in [1.54, 1.807) is 48.5 Å². The van der Waals surface area contributed by atoms with Crippen LogP contribution in [-0.4, -0.2) is 34.2 Å². The van der Waals surface area contributed by atoms with Crippen molar-refractivity contribution < 1.29 is 24.5 Å². The summed E-state index contributed by atoms with van der Waals surface area (Å²) in [6.45, 7) is 0. The summed E-state index contributed by atoms with van der Waals surface area (Å²) in [6, 6.07) is 12.0. The Bertz CT molecular complexity index is 745. The highest BCUT2D eigenvalue weighted by Gasteiger charge is 2.15. The van der Waals surface area contributed by atoms with Crippen LogP contribution < -0.4 is 16.2 Å². The maximum Gasteiger partial charge on any atom is 0.320 e. The van der Waals surface area contributed by atoms with E-state index < -0.39 is 24.0 Å². The number of rotatable bonds is 8. The Kier molecular flexibility index (Phi) is 6.10. The van der Waals surface area contributed by atoms with Crippen LogP contribution in [0.3, 0.4) is 0 Å². The van der Waals surface area contributed by atoms with Gasteiger partial charge in [-0.15, -0.1) is 0 Å². The summed E-state index contributed by atoms with van der Waals surface area (Å²) in [5.74, 6) is -1.06. The Labute approximate surface area is 144 Å². The van der Waals surface area contributed by atoms with Crippen molar-refractivity contribution in [2.45, 2.75) is 24.9 Å². The molecule has 0 radical (unpaired) electrons. The van der Waals surface area contributed by atoms with Crippen LogP contribution in [0.25, 0.3) is 0 Å². The minimum Gasteiger partial charge on any atom is -0.480 e. The van der Waals surface area contributed by atoms with Crippen molar-refractivity contribution in [2.75, 3.05) is 0 Å². The van der Waals surface area contributed by atoms with Gasteiger partial charge in [-0.3, -0.25) is 9.59 Å². The fourth-order valence-electron chi connectivity index (χ4n) is 2.26. The molecule has 0 aliphatic rings. The molecule has 0 saturated carbocycles. The third-order valence-electron chi connectivity index (χ3n) is 3.65.